The molecule has 1 saturated heterocycles. The molecule has 2 rings (SSSR count). The Hall–Kier alpha value is -1.02. The summed E-state index contributed by atoms with van der Waals surface area (Å²) in [6, 6.07) is 11.8. The second-order valence-electron chi connectivity index (χ2n) is 4.58. The summed E-state index contributed by atoms with van der Waals surface area (Å²) in [5.41, 5.74) is 1.24. The predicted molar refractivity (Wildman–Crippen MR) is 65.2 cm³/mol. The summed E-state index contributed by atoms with van der Waals surface area (Å²) in [6.45, 7) is 6.94. The average Bonchev–Trinajstić information content (AvgIpc) is 2.68. The summed E-state index contributed by atoms with van der Waals surface area (Å²) in [5, 5.41) is 3.58. The van der Waals surface area contributed by atoms with Crippen LogP contribution in [0.5, 0.6) is 0 Å². The molecule has 15 heavy (non-hydrogen) atoms. The second kappa shape index (κ2) is 4.67. The molecule has 1 atom stereocenters. The molecule has 2 nitrogen and oxygen atoms in total. The van der Waals surface area contributed by atoms with Crippen LogP contribution in [-0.2, 0) is 0 Å². The van der Waals surface area contributed by atoms with E-state index in [1.807, 2.05) is 0 Å². The maximum absolute atomic E-state index is 3.58. The van der Waals surface area contributed by atoms with E-state index in [0.717, 1.165) is 0 Å². The molecule has 1 aromatic rings. The normalized spacial score (nSPS) is 22.2. The molecule has 82 valence electrons. The number of nitrogens with one attached hydrogen (secondary N) is 1. The molecule has 1 N–H and O–H groups in total. The number of nitrogens with zero attached hydrogens (tertiary/aromatic N) is 1. The van der Waals surface area contributed by atoms with Crippen LogP contribution in [0.15, 0.2) is 30.3 Å². The summed E-state index contributed by atoms with van der Waals surface area (Å²) < 4.78 is 0. The van der Waals surface area contributed by atoms with Crippen LogP contribution < -0.4 is 5.32 Å². The Labute approximate surface area is 92.3 Å². The molecule has 2 heteroatoms. The van der Waals surface area contributed by atoms with E-state index in [0.29, 0.717) is 12.1 Å². The first-order valence-corrected chi connectivity index (χ1v) is 5.81. The van der Waals surface area contributed by atoms with E-state index >= 15 is 0 Å². The Morgan fingerprint density at radius 2 is 2.00 bits per heavy atom. The summed E-state index contributed by atoms with van der Waals surface area (Å²) >= 11 is 0. The van der Waals surface area contributed by atoms with Gasteiger partial charge in [0.15, 0.2) is 0 Å². The largest absolute Gasteiger partial charge is 0.381 e. The molecule has 1 aliphatic heterocycles. The van der Waals surface area contributed by atoms with Crippen LogP contribution >= 0.6 is 0 Å². The highest BCUT2D eigenvalue weighted by Crippen LogP contribution is 2.17. The van der Waals surface area contributed by atoms with Crippen molar-refractivity contribution in [1.29, 1.82) is 0 Å². The third kappa shape index (κ3) is 2.72. The van der Waals surface area contributed by atoms with Crippen molar-refractivity contribution in [3.05, 3.63) is 30.3 Å². The fourth-order valence-electron chi connectivity index (χ4n) is 2.14. The zero-order valence-corrected chi connectivity index (χ0v) is 9.61. The Balaban J connectivity index is 1.88. The Morgan fingerprint density at radius 1 is 1.27 bits per heavy atom. The number of para-hydroxylation sites is 1. The third-order valence-electron chi connectivity index (χ3n) is 3.09. The van der Waals surface area contributed by atoms with Crippen LogP contribution in [0.2, 0.25) is 0 Å². The maximum Gasteiger partial charge on any atom is 0.0400 e. The van der Waals surface area contributed by atoms with Gasteiger partial charge in [0, 0.05) is 30.9 Å². The molecular weight excluding hydrogens is 184 g/mol. The minimum absolute atomic E-state index is 0.620. The van der Waals surface area contributed by atoms with Crippen LogP contribution in [0.4, 0.5) is 5.69 Å². The van der Waals surface area contributed by atoms with Gasteiger partial charge in [-0.3, -0.25) is 4.90 Å². The molecule has 0 saturated carbocycles. The molecule has 1 unspecified atom stereocenters. The SMILES string of the molecule is CC(C)N1CCC(Nc2ccccc2)C1. The van der Waals surface area contributed by atoms with Crippen molar-refractivity contribution in [2.24, 2.45) is 0 Å². The van der Waals surface area contributed by atoms with Crippen molar-refractivity contribution < 1.29 is 0 Å². The van der Waals surface area contributed by atoms with Gasteiger partial charge in [0.2, 0.25) is 0 Å². The van der Waals surface area contributed by atoms with Gasteiger partial charge in [0.05, 0.1) is 0 Å². The van der Waals surface area contributed by atoms with E-state index < -0.39 is 0 Å². The minimum Gasteiger partial charge on any atom is -0.381 e. The summed E-state index contributed by atoms with van der Waals surface area (Å²) in [4.78, 5) is 2.53. The van der Waals surface area contributed by atoms with E-state index in [9.17, 15) is 0 Å². The van der Waals surface area contributed by atoms with Crippen LogP contribution in [-0.4, -0.2) is 30.1 Å². The molecule has 1 fully saturated rings. The fraction of sp³-hybridized carbons (Fsp3) is 0.538. The number of hydrogen-bond acceptors (Lipinski definition) is 2. The lowest BCUT2D eigenvalue weighted by atomic mass is 10.2. The van der Waals surface area contributed by atoms with E-state index in [2.05, 4.69) is 54.4 Å². The molecule has 0 amide bonds. The summed E-state index contributed by atoms with van der Waals surface area (Å²) in [5.74, 6) is 0. The quantitative estimate of drug-likeness (QED) is 0.814. The first-order chi connectivity index (χ1) is 7.25. The van der Waals surface area contributed by atoms with E-state index in [1.165, 1.54) is 25.2 Å². The molecule has 0 radical (unpaired) electrons. The van der Waals surface area contributed by atoms with Gasteiger partial charge < -0.3 is 5.32 Å². The highest BCUT2D eigenvalue weighted by atomic mass is 15.2. The lowest BCUT2D eigenvalue weighted by Gasteiger charge is -2.20. The Morgan fingerprint density at radius 3 is 2.60 bits per heavy atom. The molecule has 1 heterocycles. The Kier molecular flexibility index (Phi) is 3.27. The fourth-order valence-corrected chi connectivity index (χ4v) is 2.14. The standard InChI is InChI=1S/C13H20N2/c1-11(2)15-9-8-13(10-15)14-12-6-4-3-5-7-12/h3-7,11,13-14H,8-10H2,1-2H3. The van der Waals surface area contributed by atoms with Gasteiger partial charge >= 0.3 is 0 Å². The van der Waals surface area contributed by atoms with Crippen LogP contribution in [0.1, 0.15) is 20.3 Å². The molecule has 0 bridgehead atoms. The van der Waals surface area contributed by atoms with Crippen molar-refractivity contribution >= 4 is 5.69 Å². The van der Waals surface area contributed by atoms with Crippen LogP contribution in [0, 0.1) is 0 Å². The maximum atomic E-state index is 3.58. The highest BCUT2D eigenvalue weighted by molar-refractivity contribution is 5.43. The molecule has 1 aliphatic rings. The van der Waals surface area contributed by atoms with Crippen molar-refractivity contribution in [2.75, 3.05) is 18.4 Å². The Bertz CT molecular complexity index is 295. The van der Waals surface area contributed by atoms with Crippen LogP contribution in [0.25, 0.3) is 0 Å². The summed E-state index contributed by atoms with van der Waals surface area (Å²) in [6.07, 6.45) is 1.26. The average molecular weight is 204 g/mol. The molecular formula is C13H20N2. The van der Waals surface area contributed by atoms with Gasteiger partial charge in [0.25, 0.3) is 0 Å². The monoisotopic (exact) mass is 204 g/mol. The smallest absolute Gasteiger partial charge is 0.0400 e. The highest BCUT2D eigenvalue weighted by Gasteiger charge is 2.23. The molecule has 1 aromatic carbocycles. The third-order valence-corrected chi connectivity index (χ3v) is 3.09. The van der Waals surface area contributed by atoms with Gasteiger partial charge in [-0.15, -0.1) is 0 Å². The van der Waals surface area contributed by atoms with Gasteiger partial charge in [-0.25, -0.2) is 0 Å². The van der Waals surface area contributed by atoms with Crippen molar-refractivity contribution in [2.45, 2.75) is 32.4 Å². The van der Waals surface area contributed by atoms with Crippen molar-refractivity contribution in [3.8, 4) is 0 Å². The first kappa shape index (κ1) is 10.5. The van der Waals surface area contributed by atoms with Crippen LogP contribution in [0.3, 0.4) is 0 Å². The second-order valence-corrected chi connectivity index (χ2v) is 4.58. The lowest BCUT2D eigenvalue weighted by molar-refractivity contribution is 0.274. The van der Waals surface area contributed by atoms with E-state index in [4.69, 9.17) is 0 Å². The number of rotatable bonds is 3. The van der Waals surface area contributed by atoms with Crippen molar-refractivity contribution in [3.63, 3.8) is 0 Å². The van der Waals surface area contributed by atoms with Crippen molar-refractivity contribution in [1.82, 2.24) is 4.90 Å². The molecule has 0 aliphatic carbocycles. The number of anilines is 1. The van der Waals surface area contributed by atoms with E-state index in [-0.39, 0.29) is 0 Å². The first-order valence-electron chi connectivity index (χ1n) is 5.81. The topological polar surface area (TPSA) is 15.3 Å². The van der Waals surface area contributed by atoms with E-state index in [1.54, 1.807) is 0 Å². The predicted octanol–water partition coefficient (Wildman–Crippen LogP) is 2.58. The number of likely N-dealkylation sites (tertiary alicyclic amines) is 1. The van der Waals surface area contributed by atoms with Gasteiger partial charge in [0.1, 0.15) is 0 Å². The molecule has 0 spiro atoms. The molecule has 0 aromatic heterocycles. The van der Waals surface area contributed by atoms with Gasteiger partial charge in [-0.2, -0.15) is 0 Å². The number of hydrogen-bond donors (Lipinski definition) is 1. The zero-order chi connectivity index (χ0) is 10.7. The lowest BCUT2D eigenvalue weighted by Crippen LogP contribution is -2.31. The van der Waals surface area contributed by atoms with Gasteiger partial charge in [-0.1, -0.05) is 18.2 Å². The summed E-state index contributed by atoms with van der Waals surface area (Å²) in [7, 11) is 0. The zero-order valence-electron chi connectivity index (χ0n) is 9.61. The number of benzene rings is 1. The minimum atomic E-state index is 0.620. The van der Waals surface area contributed by atoms with Gasteiger partial charge in [-0.05, 0) is 32.4 Å².